The number of aliphatic hydroxyl groups excluding tert-OH is 1. The number of aliphatic hydroxyl groups is 1. The molecule has 0 aliphatic rings. The van der Waals surface area contributed by atoms with Crippen molar-refractivity contribution in [2.24, 2.45) is 0 Å². The fourth-order valence-corrected chi connectivity index (χ4v) is 2.64. The van der Waals surface area contributed by atoms with E-state index in [4.69, 9.17) is 5.11 Å². The van der Waals surface area contributed by atoms with Crippen molar-refractivity contribution in [3.63, 3.8) is 0 Å². The molecule has 102 valence electrons. The predicted molar refractivity (Wildman–Crippen MR) is 77.8 cm³/mol. The van der Waals surface area contributed by atoms with E-state index in [-0.39, 0.29) is 18.9 Å². The van der Waals surface area contributed by atoms with E-state index in [0.717, 1.165) is 16.2 Å². The summed E-state index contributed by atoms with van der Waals surface area (Å²) in [5.74, 6) is -0.104. The van der Waals surface area contributed by atoms with Crippen LogP contribution < -0.4 is 5.32 Å². The highest BCUT2D eigenvalue weighted by atomic mass is 32.1. The van der Waals surface area contributed by atoms with Crippen LogP contribution in [0.4, 0.5) is 5.69 Å². The maximum atomic E-state index is 11.9. The van der Waals surface area contributed by atoms with Crippen LogP contribution in [0, 0.1) is 0 Å². The van der Waals surface area contributed by atoms with Crippen LogP contribution in [0.3, 0.4) is 0 Å². The molecule has 3 rings (SSSR count). The van der Waals surface area contributed by atoms with E-state index in [1.165, 1.54) is 11.3 Å². The second-order valence-electron chi connectivity index (χ2n) is 4.41. The minimum absolute atomic E-state index is 0.000374. The van der Waals surface area contributed by atoms with Crippen LogP contribution in [0.25, 0.3) is 4.96 Å². The first-order chi connectivity index (χ1) is 9.74. The highest BCUT2D eigenvalue weighted by Crippen LogP contribution is 2.13. The van der Waals surface area contributed by atoms with Gasteiger partial charge in [-0.2, -0.15) is 0 Å². The summed E-state index contributed by atoms with van der Waals surface area (Å²) in [5, 5.41) is 13.7. The second-order valence-corrected chi connectivity index (χ2v) is 5.28. The van der Waals surface area contributed by atoms with Gasteiger partial charge in [0.15, 0.2) is 4.96 Å². The average molecular weight is 287 g/mol. The lowest BCUT2D eigenvalue weighted by Crippen LogP contribution is -2.14. The Morgan fingerprint density at radius 2 is 2.15 bits per heavy atom. The van der Waals surface area contributed by atoms with Crippen molar-refractivity contribution in [1.29, 1.82) is 0 Å². The molecule has 3 aromatic rings. The summed E-state index contributed by atoms with van der Waals surface area (Å²) in [7, 11) is 0. The van der Waals surface area contributed by atoms with Gasteiger partial charge >= 0.3 is 0 Å². The molecule has 6 heteroatoms. The minimum atomic E-state index is -0.104. The second kappa shape index (κ2) is 5.44. The summed E-state index contributed by atoms with van der Waals surface area (Å²) < 4.78 is 1.91. The van der Waals surface area contributed by atoms with Crippen molar-refractivity contribution in [2.45, 2.75) is 13.0 Å². The predicted octanol–water partition coefficient (Wildman–Crippen LogP) is 2.07. The fourth-order valence-electron chi connectivity index (χ4n) is 1.92. The van der Waals surface area contributed by atoms with E-state index in [1.54, 1.807) is 24.3 Å². The van der Waals surface area contributed by atoms with Gasteiger partial charge in [-0.1, -0.05) is 12.1 Å². The first-order valence-corrected chi connectivity index (χ1v) is 7.03. The number of amides is 1. The number of carbonyl (C=O) groups excluding carboxylic acids is 1. The molecule has 1 amide bonds. The van der Waals surface area contributed by atoms with E-state index in [0.29, 0.717) is 5.69 Å². The van der Waals surface area contributed by atoms with Crippen LogP contribution in [0.5, 0.6) is 0 Å². The van der Waals surface area contributed by atoms with Crippen molar-refractivity contribution in [3.05, 3.63) is 53.3 Å². The molecule has 0 radical (unpaired) electrons. The number of rotatable bonds is 4. The lowest BCUT2D eigenvalue weighted by Gasteiger charge is -2.04. The van der Waals surface area contributed by atoms with Crippen molar-refractivity contribution >= 4 is 27.9 Å². The van der Waals surface area contributed by atoms with E-state index < -0.39 is 0 Å². The number of nitrogens with one attached hydrogen (secondary N) is 1. The summed E-state index contributed by atoms with van der Waals surface area (Å²) in [5.41, 5.74) is 2.28. The fraction of sp³-hybridized carbons (Fsp3) is 0.143. The number of hydrogen-bond donors (Lipinski definition) is 2. The molecular weight excluding hydrogens is 274 g/mol. The summed E-state index contributed by atoms with van der Waals surface area (Å²) in [6, 6.07) is 7.11. The van der Waals surface area contributed by atoms with Crippen molar-refractivity contribution in [1.82, 2.24) is 9.38 Å². The smallest absolute Gasteiger partial charge is 0.230 e. The van der Waals surface area contributed by atoms with E-state index in [9.17, 15) is 4.79 Å². The number of aromatic nitrogens is 2. The minimum Gasteiger partial charge on any atom is -0.392 e. The van der Waals surface area contributed by atoms with Gasteiger partial charge in [0.2, 0.25) is 5.91 Å². The number of hydrogen-bond acceptors (Lipinski definition) is 4. The molecule has 0 unspecified atom stereocenters. The average Bonchev–Trinajstić information content (AvgIpc) is 3.00. The van der Waals surface area contributed by atoms with Gasteiger partial charge in [0.1, 0.15) is 0 Å². The zero-order chi connectivity index (χ0) is 13.9. The standard InChI is InChI=1S/C14H13N3O2S/c18-9-10-1-3-11(4-2-10)15-13(19)7-12-8-17-5-6-20-14(17)16-12/h1-6,8,18H,7,9H2,(H,15,19). The number of benzene rings is 1. The van der Waals surface area contributed by atoms with Gasteiger partial charge in [-0.15, -0.1) is 11.3 Å². The third-order valence-corrected chi connectivity index (χ3v) is 3.68. The SMILES string of the molecule is O=C(Cc1cn2ccsc2n1)Nc1ccc(CO)cc1. The molecule has 5 nitrogen and oxygen atoms in total. The van der Waals surface area contributed by atoms with Gasteiger partial charge in [-0.05, 0) is 17.7 Å². The van der Waals surface area contributed by atoms with E-state index in [2.05, 4.69) is 10.3 Å². The Bertz CT molecular complexity index is 702. The van der Waals surface area contributed by atoms with Crippen LogP contribution in [0.1, 0.15) is 11.3 Å². The molecule has 0 saturated heterocycles. The topological polar surface area (TPSA) is 66.6 Å². The van der Waals surface area contributed by atoms with Gasteiger partial charge in [-0.25, -0.2) is 4.98 Å². The van der Waals surface area contributed by atoms with E-state index in [1.807, 2.05) is 22.2 Å². The highest BCUT2D eigenvalue weighted by molar-refractivity contribution is 7.15. The van der Waals surface area contributed by atoms with Crippen molar-refractivity contribution in [3.8, 4) is 0 Å². The Balaban J connectivity index is 1.65. The zero-order valence-corrected chi connectivity index (χ0v) is 11.4. The summed E-state index contributed by atoms with van der Waals surface area (Å²) in [6.07, 6.45) is 4.03. The molecule has 2 heterocycles. The van der Waals surface area contributed by atoms with Crippen molar-refractivity contribution < 1.29 is 9.90 Å². The first kappa shape index (κ1) is 12.8. The van der Waals surface area contributed by atoms with Crippen LogP contribution in [0.2, 0.25) is 0 Å². The van der Waals surface area contributed by atoms with Gasteiger partial charge in [0.05, 0.1) is 18.7 Å². The molecule has 0 spiro atoms. The molecule has 2 aromatic heterocycles. The summed E-state index contributed by atoms with van der Waals surface area (Å²) in [6.45, 7) is -0.000374. The molecule has 0 aliphatic heterocycles. The number of thiazole rings is 1. The number of anilines is 1. The maximum absolute atomic E-state index is 11.9. The normalized spacial score (nSPS) is 10.8. The molecule has 1 aromatic carbocycles. The Morgan fingerprint density at radius 1 is 1.35 bits per heavy atom. The lowest BCUT2D eigenvalue weighted by molar-refractivity contribution is -0.115. The van der Waals surface area contributed by atoms with Gasteiger partial charge in [0, 0.05) is 23.5 Å². The molecule has 0 saturated carbocycles. The third-order valence-electron chi connectivity index (χ3n) is 2.91. The molecule has 0 fully saturated rings. The lowest BCUT2D eigenvalue weighted by atomic mass is 10.2. The Labute approximate surface area is 119 Å². The maximum Gasteiger partial charge on any atom is 0.230 e. The number of carbonyl (C=O) groups is 1. The summed E-state index contributed by atoms with van der Waals surface area (Å²) >= 11 is 1.54. The monoisotopic (exact) mass is 287 g/mol. The number of nitrogens with zero attached hydrogens (tertiary/aromatic N) is 2. The van der Waals surface area contributed by atoms with Crippen LogP contribution in [-0.2, 0) is 17.8 Å². The van der Waals surface area contributed by atoms with Gasteiger partial charge in [-0.3, -0.25) is 9.20 Å². The molecule has 20 heavy (non-hydrogen) atoms. The van der Waals surface area contributed by atoms with Gasteiger partial charge < -0.3 is 10.4 Å². The van der Waals surface area contributed by atoms with Crippen LogP contribution in [-0.4, -0.2) is 20.4 Å². The largest absolute Gasteiger partial charge is 0.392 e. The Morgan fingerprint density at radius 3 is 2.85 bits per heavy atom. The third kappa shape index (κ3) is 2.71. The van der Waals surface area contributed by atoms with Crippen molar-refractivity contribution in [2.75, 3.05) is 5.32 Å². The first-order valence-electron chi connectivity index (χ1n) is 6.15. The molecular formula is C14H13N3O2S. The molecule has 0 bridgehead atoms. The number of imidazole rings is 1. The Hall–Kier alpha value is -2.18. The van der Waals surface area contributed by atoms with Crippen LogP contribution in [0.15, 0.2) is 42.0 Å². The quantitative estimate of drug-likeness (QED) is 0.772. The van der Waals surface area contributed by atoms with E-state index >= 15 is 0 Å². The zero-order valence-electron chi connectivity index (χ0n) is 10.6. The van der Waals surface area contributed by atoms with Gasteiger partial charge in [0.25, 0.3) is 0 Å². The highest BCUT2D eigenvalue weighted by Gasteiger charge is 2.08. The molecule has 0 aliphatic carbocycles. The van der Waals surface area contributed by atoms with Crippen LogP contribution >= 0.6 is 11.3 Å². The number of fused-ring (bicyclic) bond motifs is 1. The summed E-state index contributed by atoms with van der Waals surface area (Å²) in [4.78, 5) is 17.2. The molecule has 0 atom stereocenters. The molecule has 2 N–H and O–H groups in total. The Kier molecular flexibility index (Phi) is 3.49.